The van der Waals surface area contributed by atoms with E-state index >= 15 is 0 Å². The van der Waals surface area contributed by atoms with E-state index in [1.54, 1.807) is 30.3 Å². The van der Waals surface area contributed by atoms with Gasteiger partial charge in [0.15, 0.2) is 17.3 Å². The molecule has 0 bridgehead atoms. The third-order valence-electron chi connectivity index (χ3n) is 7.81. The summed E-state index contributed by atoms with van der Waals surface area (Å²) in [4.78, 5) is 67.8. The zero-order valence-electron chi connectivity index (χ0n) is 24.7. The highest BCUT2D eigenvalue weighted by Crippen LogP contribution is 2.51. The number of carboxylic acids is 1. The van der Waals surface area contributed by atoms with Crippen LogP contribution < -0.4 is 16.1 Å². The van der Waals surface area contributed by atoms with Crippen LogP contribution in [0, 0.1) is 0 Å². The number of carbonyl (C=O) groups is 4. The maximum atomic E-state index is 14.1. The number of β-lactam (4-membered cyclic amide) rings is 1. The molecule has 0 radical (unpaired) electrons. The van der Waals surface area contributed by atoms with Crippen molar-refractivity contribution in [3.8, 4) is 11.5 Å². The number of thiocarbonyl (C=S) groups is 1. The van der Waals surface area contributed by atoms with Crippen LogP contribution in [0.1, 0.15) is 27.8 Å². The number of amides is 3. The maximum absolute atomic E-state index is 14.1. The zero-order chi connectivity index (χ0) is 34.5. The quantitative estimate of drug-likeness (QED) is 0.0908. The van der Waals surface area contributed by atoms with Gasteiger partial charge in [-0.3, -0.25) is 24.1 Å². The fraction of sp³-hybridized carbons (Fsp3) is 0.207. The maximum Gasteiger partial charge on any atom is 0.353 e. The number of phenolic OH excluding ortho intramolecular Hbond substituents is 2. The van der Waals surface area contributed by atoms with E-state index in [0.29, 0.717) is 0 Å². The van der Waals surface area contributed by atoms with E-state index < -0.39 is 74.3 Å². The molecule has 2 aromatic heterocycles. The van der Waals surface area contributed by atoms with Crippen LogP contribution >= 0.6 is 24.0 Å². The number of ether oxygens (including phenoxy) is 1. The minimum absolute atomic E-state index is 0.0722. The Balaban J connectivity index is 1.40. The number of thioether (sulfide) groups is 1. The summed E-state index contributed by atoms with van der Waals surface area (Å²) in [5, 5.41) is 45.1. The third-order valence-corrected chi connectivity index (χ3v) is 9.61. The summed E-state index contributed by atoms with van der Waals surface area (Å²) in [7, 11) is 2.68. The number of methoxy groups -OCH3 is 1. The number of nitrogens with one attached hydrogen (secondary N) is 2. The van der Waals surface area contributed by atoms with E-state index in [-0.39, 0.29) is 27.9 Å². The zero-order valence-corrected chi connectivity index (χ0v) is 26.3. The van der Waals surface area contributed by atoms with E-state index in [1.165, 1.54) is 18.8 Å². The Morgan fingerprint density at radius 1 is 1.17 bits per heavy atom. The van der Waals surface area contributed by atoms with Gasteiger partial charge in [0, 0.05) is 25.6 Å². The second-order valence-electron chi connectivity index (χ2n) is 10.5. The van der Waals surface area contributed by atoms with Crippen molar-refractivity contribution in [1.29, 1.82) is 0 Å². The number of hydrogen-bond acceptors (Lipinski definition) is 14. The molecule has 0 spiro atoms. The molecule has 0 saturated carbocycles. The number of tetrazole rings is 1. The molecule has 6 rings (SSSR count). The Hall–Kier alpha value is -5.66. The molecule has 1 fully saturated rings. The first kappa shape index (κ1) is 32.3. The number of carbonyl (C=O) groups excluding carboxylic acids is 3. The lowest BCUT2D eigenvalue weighted by molar-refractivity contribution is -0.169. The largest absolute Gasteiger partial charge is 0.504 e. The minimum Gasteiger partial charge on any atom is -0.504 e. The van der Waals surface area contributed by atoms with Gasteiger partial charge in [-0.05, 0) is 22.1 Å². The van der Waals surface area contributed by atoms with Gasteiger partial charge in [0.05, 0.1) is 11.0 Å². The Morgan fingerprint density at radius 3 is 2.50 bits per heavy atom. The van der Waals surface area contributed by atoms with Crippen molar-refractivity contribution >= 4 is 69.6 Å². The molecule has 4 heterocycles. The summed E-state index contributed by atoms with van der Waals surface area (Å²) in [6, 6.07) is 8.48. The first-order valence-corrected chi connectivity index (χ1v) is 15.2. The summed E-state index contributed by atoms with van der Waals surface area (Å²) in [5.74, 6) is -5.34. The van der Waals surface area contributed by atoms with Gasteiger partial charge in [-0.1, -0.05) is 42.5 Å². The SMILES string of the molecule is CO[C@@]1(C=S)C(=O)N2C(C(=O)O)=C(c3nnnn3C)C(NC(=O)C(NC(=O)c3coc4cc(O)c(O)cc4c3=O)c3ccccc3)S[C@H]21. The average molecular weight is 694 g/mol. The van der Waals surface area contributed by atoms with E-state index in [0.717, 1.165) is 40.4 Å². The molecule has 2 aliphatic rings. The van der Waals surface area contributed by atoms with Crippen molar-refractivity contribution in [3.63, 3.8) is 0 Å². The van der Waals surface area contributed by atoms with Crippen LogP contribution in [0.4, 0.5) is 0 Å². The number of fused-ring (bicyclic) bond motifs is 2. The van der Waals surface area contributed by atoms with E-state index in [1.807, 2.05) is 0 Å². The Bertz CT molecular complexity index is 2120. The van der Waals surface area contributed by atoms with Gasteiger partial charge in [0.25, 0.3) is 11.8 Å². The molecule has 5 N–H and O–H groups in total. The molecule has 4 aromatic rings. The lowest BCUT2D eigenvalue weighted by Crippen LogP contribution is -2.76. The van der Waals surface area contributed by atoms with Crippen molar-refractivity contribution in [2.24, 2.45) is 7.05 Å². The number of benzene rings is 2. The molecule has 2 unspecified atom stereocenters. The number of aromatic nitrogens is 4. The Morgan fingerprint density at radius 2 is 1.88 bits per heavy atom. The van der Waals surface area contributed by atoms with Crippen molar-refractivity contribution in [2.75, 3.05) is 7.11 Å². The molecular formula is C29H23N7O10S2. The number of hydrogen-bond donors (Lipinski definition) is 5. The predicted molar refractivity (Wildman–Crippen MR) is 169 cm³/mol. The molecule has 4 atom stereocenters. The van der Waals surface area contributed by atoms with E-state index in [2.05, 4.69) is 26.2 Å². The number of aliphatic carboxylic acids is 1. The molecular weight excluding hydrogens is 670 g/mol. The molecule has 1 saturated heterocycles. The third kappa shape index (κ3) is 5.04. The fourth-order valence-corrected chi connectivity index (χ4v) is 7.38. The highest BCUT2D eigenvalue weighted by Gasteiger charge is 2.66. The van der Waals surface area contributed by atoms with Gasteiger partial charge in [0.2, 0.25) is 16.9 Å². The number of nitrogens with zero attached hydrogens (tertiary/aromatic N) is 5. The molecule has 0 aliphatic carbocycles. The van der Waals surface area contributed by atoms with Gasteiger partial charge < -0.3 is 35.1 Å². The monoisotopic (exact) mass is 693 g/mol. The van der Waals surface area contributed by atoms with E-state index in [9.17, 15) is 39.3 Å². The summed E-state index contributed by atoms with van der Waals surface area (Å²) in [5.41, 5.74) is -3.50. The number of phenols is 2. The van der Waals surface area contributed by atoms with Crippen molar-refractivity contribution in [2.45, 2.75) is 22.4 Å². The highest BCUT2D eigenvalue weighted by molar-refractivity contribution is 8.01. The minimum atomic E-state index is -1.68. The van der Waals surface area contributed by atoms with Crippen LogP contribution in [0.25, 0.3) is 16.5 Å². The smallest absolute Gasteiger partial charge is 0.353 e. The van der Waals surface area contributed by atoms with Crippen LogP contribution in [0.5, 0.6) is 11.5 Å². The predicted octanol–water partition coefficient (Wildman–Crippen LogP) is 0.437. The van der Waals surface area contributed by atoms with E-state index in [4.69, 9.17) is 21.4 Å². The number of rotatable bonds is 9. The van der Waals surface area contributed by atoms with Crippen LogP contribution in [0.3, 0.4) is 0 Å². The Labute approximate surface area is 278 Å². The lowest BCUT2D eigenvalue weighted by Gasteiger charge is -2.55. The summed E-state index contributed by atoms with van der Waals surface area (Å²) in [6.45, 7) is 0. The van der Waals surface area contributed by atoms with Crippen LogP contribution in [0.2, 0.25) is 0 Å². The second kappa shape index (κ2) is 12.2. The van der Waals surface area contributed by atoms with Crippen LogP contribution in [-0.4, -0.2) is 92.9 Å². The second-order valence-corrected chi connectivity index (χ2v) is 11.9. The molecule has 17 nitrogen and oxygen atoms in total. The highest BCUT2D eigenvalue weighted by atomic mass is 32.2. The first-order chi connectivity index (χ1) is 22.9. The topological polar surface area (TPSA) is 239 Å². The first-order valence-electron chi connectivity index (χ1n) is 13.8. The standard InChI is InChI=1S/C29H23N7O10S2/c1-35-22(32-33-34-35)18-20(26(42)43)36-27(44)29(11-47,45-2)28(36)48-25(18)31-24(41)19(12-6-4-3-5-7-12)30-23(40)14-10-46-17-9-16(38)15(37)8-13(17)21(14)39/h3-11,19,25,28,37-38H,1-2H3,(H,30,40)(H,31,41)(H,42,43)/t19?,25?,28-,29-/m0/s1. The normalized spacial score (nSPS) is 20.9. The van der Waals surface area contributed by atoms with Gasteiger partial charge >= 0.3 is 5.97 Å². The molecule has 19 heteroatoms. The molecule has 48 heavy (non-hydrogen) atoms. The molecule has 246 valence electrons. The molecule has 2 aliphatic heterocycles. The van der Waals surface area contributed by atoms with Crippen molar-refractivity contribution in [1.82, 2.24) is 35.7 Å². The summed E-state index contributed by atoms with van der Waals surface area (Å²) in [6.07, 6.45) is 0.853. The number of aromatic hydroxyl groups is 2. The van der Waals surface area contributed by atoms with Crippen molar-refractivity contribution in [3.05, 3.63) is 81.6 Å². The number of aryl methyl sites for hydroxylation is 1. The molecule has 3 amide bonds. The lowest BCUT2D eigenvalue weighted by atomic mass is 9.91. The van der Waals surface area contributed by atoms with Gasteiger partial charge in [0.1, 0.15) is 39.9 Å². The Kier molecular flexibility index (Phi) is 8.19. The van der Waals surface area contributed by atoms with Crippen LogP contribution in [0.15, 0.2) is 63.6 Å². The van der Waals surface area contributed by atoms with Crippen LogP contribution in [-0.2, 0) is 26.2 Å². The molecule has 2 aromatic carbocycles. The van der Waals surface area contributed by atoms with Gasteiger partial charge in [-0.15, -0.1) is 16.9 Å². The fourth-order valence-electron chi connectivity index (χ4n) is 5.39. The number of carboxylic acid groups (broad SMARTS) is 1. The van der Waals surface area contributed by atoms with Gasteiger partial charge in [-0.2, -0.15) is 0 Å². The van der Waals surface area contributed by atoms with Crippen molar-refractivity contribution < 1.29 is 43.7 Å². The summed E-state index contributed by atoms with van der Waals surface area (Å²) >= 11 is 6.03. The average Bonchev–Trinajstić information content (AvgIpc) is 3.50. The van der Waals surface area contributed by atoms with Gasteiger partial charge in [-0.25, -0.2) is 9.48 Å². The summed E-state index contributed by atoms with van der Waals surface area (Å²) < 4.78 is 12.0.